The van der Waals surface area contributed by atoms with Gasteiger partial charge in [0.05, 0.1) is 6.54 Å². The Bertz CT molecular complexity index is 588. The van der Waals surface area contributed by atoms with Crippen LogP contribution in [0.2, 0.25) is 0 Å². The molecule has 6 nitrogen and oxygen atoms in total. The number of likely N-dealkylation sites (tertiary alicyclic amines) is 1. The molecule has 1 fully saturated rings. The molecule has 0 spiro atoms. The van der Waals surface area contributed by atoms with Gasteiger partial charge < -0.3 is 14.9 Å². The Morgan fingerprint density at radius 2 is 1.92 bits per heavy atom. The van der Waals surface area contributed by atoms with Crippen molar-refractivity contribution in [1.82, 2.24) is 9.80 Å². The smallest absolute Gasteiger partial charge is 0.326 e. The minimum Gasteiger partial charge on any atom is -0.480 e. The lowest BCUT2D eigenvalue weighted by Gasteiger charge is -2.28. The second-order valence-electron chi connectivity index (χ2n) is 6.17. The molecule has 0 aliphatic carbocycles. The lowest BCUT2D eigenvalue weighted by atomic mass is 10.0. The zero-order valence-electron chi connectivity index (χ0n) is 14.0. The quantitative estimate of drug-likeness (QED) is 0.857. The molecule has 130 valence electrons. The van der Waals surface area contributed by atoms with E-state index in [1.54, 1.807) is 4.90 Å². The third-order valence-corrected chi connectivity index (χ3v) is 4.42. The second kappa shape index (κ2) is 8.47. The van der Waals surface area contributed by atoms with E-state index < -0.39 is 12.0 Å². The average Bonchev–Trinajstić information content (AvgIpc) is 2.77. The second-order valence-corrected chi connectivity index (χ2v) is 6.17. The number of nitrogens with zero attached hydrogens (tertiary/aromatic N) is 2. The Labute approximate surface area is 142 Å². The van der Waals surface area contributed by atoms with Crippen molar-refractivity contribution in [3.8, 4) is 0 Å². The van der Waals surface area contributed by atoms with Crippen molar-refractivity contribution in [3.63, 3.8) is 0 Å². The average molecular weight is 332 g/mol. The summed E-state index contributed by atoms with van der Waals surface area (Å²) in [6.07, 6.45) is 3.42. The largest absolute Gasteiger partial charge is 0.480 e. The summed E-state index contributed by atoms with van der Waals surface area (Å²) in [5, 5.41) is 9.48. The van der Waals surface area contributed by atoms with E-state index in [-0.39, 0.29) is 24.8 Å². The summed E-state index contributed by atoms with van der Waals surface area (Å²) in [6.45, 7) is 0.517. The topological polar surface area (TPSA) is 77.9 Å². The first-order valence-electron chi connectivity index (χ1n) is 8.29. The van der Waals surface area contributed by atoms with E-state index in [1.807, 2.05) is 30.3 Å². The molecule has 0 aromatic heterocycles. The van der Waals surface area contributed by atoms with Crippen LogP contribution in [-0.4, -0.2) is 58.9 Å². The SMILES string of the molecule is CN(C(=O)CN1CCCCCC1=O)C(Cc1ccccc1)C(=O)O. The maximum atomic E-state index is 12.5. The number of aliphatic carboxylic acids is 1. The number of carbonyl (C=O) groups excluding carboxylic acids is 2. The van der Waals surface area contributed by atoms with Crippen LogP contribution in [0, 0.1) is 0 Å². The van der Waals surface area contributed by atoms with Crippen molar-refractivity contribution >= 4 is 17.8 Å². The highest BCUT2D eigenvalue weighted by Crippen LogP contribution is 2.13. The molecule has 1 aromatic rings. The van der Waals surface area contributed by atoms with Crippen molar-refractivity contribution in [2.75, 3.05) is 20.1 Å². The van der Waals surface area contributed by atoms with Gasteiger partial charge in [-0.3, -0.25) is 9.59 Å². The minimum absolute atomic E-state index is 0.0239. The van der Waals surface area contributed by atoms with E-state index in [1.165, 1.54) is 11.9 Å². The molecule has 1 aliphatic heterocycles. The Hall–Kier alpha value is -2.37. The summed E-state index contributed by atoms with van der Waals surface area (Å²) >= 11 is 0. The van der Waals surface area contributed by atoms with Gasteiger partial charge in [0.2, 0.25) is 11.8 Å². The van der Waals surface area contributed by atoms with Gasteiger partial charge in [0.1, 0.15) is 6.04 Å². The first-order chi connectivity index (χ1) is 11.5. The molecular weight excluding hydrogens is 308 g/mol. The third kappa shape index (κ3) is 4.81. The number of benzene rings is 1. The summed E-state index contributed by atoms with van der Waals surface area (Å²) in [5.41, 5.74) is 0.857. The van der Waals surface area contributed by atoms with Gasteiger partial charge in [-0.1, -0.05) is 36.8 Å². The van der Waals surface area contributed by atoms with Gasteiger partial charge >= 0.3 is 5.97 Å². The monoisotopic (exact) mass is 332 g/mol. The molecule has 24 heavy (non-hydrogen) atoms. The highest BCUT2D eigenvalue weighted by atomic mass is 16.4. The Kier molecular flexibility index (Phi) is 6.35. The lowest BCUT2D eigenvalue weighted by molar-refractivity contribution is -0.150. The number of amides is 2. The summed E-state index contributed by atoms with van der Waals surface area (Å²) in [5.74, 6) is -1.41. The first-order valence-corrected chi connectivity index (χ1v) is 8.29. The number of carboxylic acids is 1. The van der Waals surface area contributed by atoms with Gasteiger partial charge in [-0.15, -0.1) is 0 Å². The molecule has 1 heterocycles. The zero-order chi connectivity index (χ0) is 17.5. The van der Waals surface area contributed by atoms with E-state index in [9.17, 15) is 19.5 Å². The lowest BCUT2D eigenvalue weighted by Crippen LogP contribution is -2.48. The van der Waals surface area contributed by atoms with Gasteiger partial charge in [-0.2, -0.15) is 0 Å². The number of hydrogen-bond donors (Lipinski definition) is 1. The van der Waals surface area contributed by atoms with Crippen LogP contribution in [0.25, 0.3) is 0 Å². The van der Waals surface area contributed by atoms with Crippen molar-refractivity contribution in [1.29, 1.82) is 0 Å². The Balaban J connectivity index is 2.02. The van der Waals surface area contributed by atoms with Crippen molar-refractivity contribution in [3.05, 3.63) is 35.9 Å². The van der Waals surface area contributed by atoms with Gasteiger partial charge in [-0.05, 0) is 18.4 Å². The standard InChI is InChI=1S/C18H24N2O4/c1-19(15(18(23)24)12-14-8-4-2-5-9-14)17(22)13-20-11-7-3-6-10-16(20)21/h2,4-5,8-9,15H,3,6-7,10-13H2,1H3,(H,23,24). The number of hydrogen-bond acceptors (Lipinski definition) is 3. The molecule has 0 bridgehead atoms. The predicted molar refractivity (Wildman–Crippen MR) is 89.4 cm³/mol. The number of likely N-dealkylation sites (N-methyl/N-ethyl adjacent to an activating group) is 1. The van der Waals surface area contributed by atoms with Crippen LogP contribution >= 0.6 is 0 Å². The van der Waals surface area contributed by atoms with Crippen molar-refractivity contribution < 1.29 is 19.5 Å². The fourth-order valence-electron chi connectivity index (χ4n) is 2.88. The maximum absolute atomic E-state index is 12.5. The van der Waals surface area contributed by atoms with Crippen molar-refractivity contribution in [2.24, 2.45) is 0 Å². The van der Waals surface area contributed by atoms with E-state index in [0.29, 0.717) is 13.0 Å². The Morgan fingerprint density at radius 3 is 2.58 bits per heavy atom. The molecule has 2 rings (SSSR count). The molecule has 6 heteroatoms. The number of carbonyl (C=O) groups is 3. The summed E-state index contributed by atoms with van der Waals surface area (Å²) in [6, 6.07) is 8.28. The van der Waals surface area contributed by atoms with E-state index in [2.05, 4.69) is 0 Å². The van der Waals surface area contributed by atoms with Crippen LogP contribution < -0.4 is 0 Å². The van der Waals surface area contributed by atoms with Crippen LogP contribution in [0.1, 0.15) is 31.2 Å². The molecule has 1 unspecified atom stereocenters. The molecule has 0 radical (unpaired) electrons. The highest BCUT2D eigenvalue weighted by molar-refractivity contribution is 5.88. The van der Waals surface area contributed by atoms with E-state index in [0.717, 1.165) is 24.8 Å². The van der Waals surface area contributed by atoms with E-state index >= 15 is 0 Å². The molecule has 1 N–H and O–H groups in total. The molecule has 1 aromatic carbocycles. The fourth-order valence-corrected chi connectivity index (χ4v) is 2.88. The van der Waals surface area contributed by atoms with Gasteiger partial charge in [0, 0.05) is 26.4 Å². The third-order valence-electron chi connectivity index (χ3n) is 4.42. The van der Waals surface area contributed by atoms with Crippen LogP contribution in [0.4, 0.5) is 0 Å². The van der Waals surface area contributed by atoms with Gasteiger partial charge in [-0.25, -0.2) is 4.79 Å². The maximum Gasteiger partial charge on any atom is 0.326 e. The highest BCUT2D eigenvalue weighted by Gasteiger charge is 2.29. The zero-order valence-corrected chi connectivity index (χ0v) is 14.0. The normalized spacial score (nSPS) is 16.4. The molecule has 1 aliphatic rings. The molecular formula is C18H24N2O4. The Morgan fingerprint density at radius 1 is 1.21 bits per heavy atom. The van der Waals surface area contributed by atoms with Crippen LogP contribution in [0.15, 0.2) is 30.3 Å². The number of rotatable bonds is 6. The van der Waals surface area contributed by atoms with Crippen LogP contribution in [0.3, 0.4) is 0 Å². The summed E-state index contributed by atoms with van der Waals surface area (Å²) in [4.78, 5) is 38.9. The van der Waals surface area contributed by atoms with E-state index in [4.69, 9.17) is 0 Å². The van der Waals surface area contributed by atoms with Gasteiger partial charge in [0.15, 0.2) is 0 Å². The predicted octanol–water partition coefficient (Wildman–Crippen LogP) is 1.54. The summed E-state index contributed by atoms with van der Waals surface area (Å²) < 4.78 is 0. The molecule has 1 atom stereocenters. The number of carboxylic acid groups (broad SMARTS) is 1. The van der Waals surface area contributed by atoms with Crippen molar-refractivity contribution in [2.45, 2.75) is 38.1 Å². The fraction of sp³-hybridized carbons (Fsp3) is 0.500. The first kappa shape index (κ1) is 18.0. The van der Waals surface area contributed by atoms with Crippen LogP contribution in [0.5, 0.6) is 0 Å². The van der Waals surface area contributed by atoms with Gasteiger partial charge in [0.25, 0.3) is 0 Å². The molecule has 0 saturated carbocycles. The minimum atomic E-state index is -1.04. The molecule has 2 amide bonds. The molecule has 1 saturated heterocycles. The summed E-state index contributed by atoms with van der Waals surface area (Å²) in [7, 11) is 1.49. The van der Waals surface area contributed by atoms with Crippen LogP contribution in [-0.2, 0) is 20.8 Å².